The van der Waals surface area contributed by atoms with Crippen molar-refractivity contribution in [3.63, 3.8) is 0 Å². The lowest BCUT2D eigenvalue weighted by Gasteiger charge is -2.11. The quantitative estimate of drug-likeness (QED) is 0.688. The maximum atomic E-state index is 11.1. The van der Waals surface area contributed by atoms with Gasteiger partial charge in [-0.2, -0.15) is 0 Å². The first-order valence-corrected chi connectivity index (χ1v) is 6.10. The molecule has 2 aromatic rings. The maximum Gasteiger partial charge on any atom is 0.335 e. The van der Waals surface area contributed by atoms with E-state index in [1.807, 2.05) is 0 Å². The standard InChI is InChI=1S/C15H13NO5/c1-9-6-12(14(21-2)13(7-9)16(19)20)10-4-3-5-11(8-10)15(17)18/h3-8H,1-2H3,(H,17,18). The summed E-state index contributed by atoms with van der Waals surface area (Å²) in [6.45, 7) is 1.73. The van der Waals surface area contributed by atoms with Gasteiger partial charge in [-0.15, -0.1) is 0 Å². The highest BCUT2D eigenvalue weighted by Gasteiger charge is 2.21. The Balaban J connectivity index is 2.71. The van der Waals surface area contributed by atoms with Gasteiger partial charge in [0.05, 0.1) is 17.6 Å². The van der Waals surface area contributed by atoms with Gasteiger partial charge in [-0.05, 0) is 36.2 Å². The zero-order chi connectivity index (χ0) is 15.6. The van der Waals surface area contributed by atoms with Gasteiger partial charge >= 0.3 is 11.7 Å². The van der Waals surface area contributed by atoms with E-state index in [1.165, 1.54) is 25.3 Å². The minimum Gasteiger partial charge on any atom is -0.490 e. The fourth-order valence-electron chi connectivity index (χ4n) is 2.14. The molecule has 0 aliphatic rings. The van der Waals surface area contributed by atoms with Crippen LogP contribution < -0.4 is 4.74 Å². The summed E-state index contributed by atoms with van der Waals surface area (Å²) in [4.78, 5) is 21.6. The van der Waals surface area contributed by atoms with E-state index in [2.05, 4.69) is 0 Å². The Hall–Kier alpha value is -2.89. The molecule has 2 rings (SSSR count). The molecule has 6 heteroatoms. The fourth-order valence-corrected chi connectivity index (χ4v) is 2.14. The summed E-state index contributed by atoms with van der Waals surface area (Å²) >= 11 is 0. The lowest BCUT2D eigenvalue weighted by Crippen LogP contribution is -1.99. The number of methoxy groups -OCH3 is 1. The summed E-state index contributed by atoms with van der Waals surface area (Å²) in [6.07, 6.45) is 0. The van der Waals surface area contributed by atoms with E-state index in [9.17, 15) is 14.9 Å². The minimum atomic E-state index is -1.06. The van der Waals surface area contributed by atoms with Crippen LogP contribution in [0.15, 0.2) is 36.4 Å². The number of nitro groups is 1. The highest BCUT2D eigenvalue weighted by atomic mass is 16.6. The van der Waals surface area contributed by atoms with Crippen molar-refractivity contribution in [2.24, 2.45) is 0 Å². The van der Waals surface area contributed by atoms with Gasteiger partial charge in [0.25, 0.3) is 0 Å². The summed E-state index contributed by atoms with van der Waals surface area (Å²) < 4.78 is 5.16. The van der Waals surface area contributed by atoms with Crippen LogP contribution in [0.3, 0.4) is 0 Å². The Labute approximate surface area is 120 Å². The molecule has 0 heterocycles. The van der Waals surface area contributed by atoms with Crippen LogP contribution in [0, 0.1) is 17.0 Å². The molecule has 0 atom stereocenters. The van der Waals surface area contributed by atoms with Gasteiger partial charge in [-0.3, -0.25) is 10.1 Å². The third-order valence-corrected chi connectivity index (χ3v) is 3.04. The molecule has 0 saturated heterocycles. The first-order valence-electron chi connectivity index (χ1n) is 6.10. The molecule has 0 amide bonds. The van der Waals surface area contributed by atoms with Crippen molar-refractivity contribution in [3.05, 3.63) is 57.6 Å². The SMILES string of the molecule is COc1c(-c2cccc(C(=O)O)c2)cc(C)cc1[N+](=O)[O-]. The molecule has 0 aliphatic heterocycles. The van der Waals surface area contributed by atoms with Crippen LogP contribution in [0.25, 0.3) is 11.1 Å². The van der Waals surface area contributed by atoms with E-state index in [0.717, 1.165) is 0 Å². The topological polar surface area (TPSA) is 89.7 Å². The lowest BCUT2D eigenvalue weighted by molar-refractivity contribution is -0.385. The second-order valence-electron chi connectivity index (χ2n) is 4.51. The van der Waals surface area contributed by atoms with E-state index in [1.54, 1.807) is 25.1 Å². The first kappa shape index (κ1) is 14.5. The number of hydrogen-bond donors (Lipinski definition) is 1. The van der Waals surface area contributed by atoms with Crippen LogP contribution in [0.5, 0.6) is 5.75 Å². The second-order valence-corrected chi connectivity index (χ2v) is 4.51. The van der Waals surface area contributed by atoms with Gasteiger partial charge in [0.1, 0.15) is 0 Å². The van der Waals surface area contributed by atoms with E-state index >= 15 is 0 Å². The van der Waals surface area contributed by atoms with E-state index in [0.29, 0.717) is 16.7 Å². The zero-order valence-corrected chi connectivity index (χ0v) is 11.5. The Morgan fingerprint density at radius 2 is 2.00 bits per heavy atom. The number of aryl methyl sites for hydroxylation is 1. The molecular formula is C15H13NO5. The van der Waals surface area contributed by atoms with Crippen LogP contribution in [-0.2, 0) is 0 Å². The van der Waals surface area contributed by atoms with Gasteiger partial charge in [-0.1, -0.05) is 12.1 Å². The number of benzene rings is 2. The molecule has 2 aromatic carbocycles. The Morgan fingerprint density at radius 3 is 2.57 bits per heavy atom. The fraction of sp³-hybridized carbons (Fsp3) is 0.133. The minimum absolute atomic E-state index is 0.110. The Morgan fingerprint density at radius 1 is 1.29 bits per heavy atom. The molecule has 0 bridgehead atoms. The predicted molar refractivity (Wildman–Crippen MR) is 76.8 cm³/mol. The smallest absolute Gasteiger partial charge is 0.335 e. The zero-order valence-electron chi connectivity index (χ0n) is 11.5. The van der Waals surface area contributed by atoms with E-state index in [4.69, 9.17) is 9.84 Å². The maximum absolute atomic E-state index is 11.1. The third kappa shape index (κ3) is 2.84. The van der Waals surface area contributed by atoms with E-state index < -0.39 is 10.9 Å². The van der Waals surface area contributed by atoms with Crippen LogP contribution in [-0.4, -0.2) is 23.1 Å². The Kier molecular flexibility index (Phi) is 3.89. The van der Waals surface area contributed by atoms with Crippen molar-refractivity contribution < 1.29 is 19.6 Å². The molecule has 0 aliphatic carbocycles. The van der Waals surface area contributed by atoms with Gasteiger partial charge in [-0.25, -0.2) is 4.79 Å². The number of rotatable bonds is 4. The molecule has 6 nitrogen and oxygen atoms in total. The number of ether oxygens (including phenoxy) is 1. The Bertz CT molecular complexity index is 724. The average Bonchev–Trinajstić information content (AvgIpc) is 2.46. The molecule has 0 unspecified atom stereocenters. The molecule has 0 saturated carbocycles. The highest BCUT2D eigenvalue weighted by Crippen LogP contribution is 2.39. The third-order valence-electron chi connectivity index (χ3n) is 3.04. The first-order chi connectivity index (χ1) is 9.93. The molecule has 0 aromatic heterocycles. The second kappa shape index (κ2) is 5.62. The molecule has 0 radical (unpaired) electrons. The van der Waals surface area contributed by atoms with Crippen LogP contribution in [0.2, 0.25) is 0 Å². The van der Waals surface area contributed by atoms with Crippen molar-refractivity contribution in [3.8, 4) is 16.9 Å². The monoisotopic (exact) mass is 287 g/mol. The van der Waals surface area contributed by atoms with Gasteiger partial charge < -0.3 is 9.84 Å². The molecular weight excluding hydrogens is 274 g/mol. The molecule has 108 valence electrons. The van der Waals surface area contributed by atoms with Crippen molar-refractivity contribution in [1.82, 2.24) is 0 Å². The van der Waals surface area contributed by atoms with Crippen LogP contribution in [0.1, 0.15) is 15.9 Å². The largest absolute Gasteiger partial charge is 0.490 e. The molecule has 1 N–H and O–H groups in total. The number of carbonyl (C=O) groups is 1. The number of nitro benzene ring substituents is 1. The van der Waals surface area contributed by atoms with Crippen molar-refractivity contribution in [2.75, 3.05) is 7.11 Å². The molecule has 0 fully saturated rings. The average molecular weight is 287 g/mol. The van der Waals surface area contributed by atoms with E-state index in [-0.39, 0.29) is 17.0 Å². The summed E-state index contributed by atoms with van der Waals surface area (Å²) in [6, 6.07) is 9.35. The summed E-state index contributed by atoms with van der Waals surface area (Å²) in [5, 5.41) is 20.2. The lowest BCUT2D eigenvalue weighted by atomic mass is 9.99. The van der Waals surface area contributed by atoms with Gasteiger partial charge in [0.2, 0.25) is 5.75 Å². The summed E-state index contributed by atoms with van der Waals surface area (Å²) in [5.74, 6) is -0.939. The number of aromatic carboxylic acids is 1. The van der Waals surface area contributed by atoms with Crippen LogP contribution in [0.4, 0.5) is 5.69 Å². The van der Waals surface area contributed by atoms with Gasteiger partial charge in [0.15, 0.2) is 0 Å². The van der Waals surface area contributed by atoms with Gasteiger partial charge in [0, 0.05) is 11.6 Å². The van der Waals surface area contributed by atoms with Crippen molar-refractivity contribution in [1.29, 1.82) is 0 Å². The molecule has 21 heavy (non-hydrogen) atoms. The number of hydrogen-bond acceptors (Lipinski definition) is 4. The normalized spacial score (nSPS) is 10.2. The van der Waals surface area contributed by atoms with Crippen molar-refractivity contribution in [2.45, 2.75) is 6.92 Å². The van der Waals surface area contributed by atoms with Crippen LogP contribution >= 0.6 is 0 Å². The number of nitrogens with zero attached hydrogens (tertiary/aromatic N) is 1. The predicted octanol–water partition coefficient (Wildman–Crippen LogP) is 3.28. The summed E-state index contributed by atoms with van der Waals surface area (Å²) in [7, 11) is 1.35. The number of carboxylic acids is 1. The van der Waals surface area contributed by atoms with Crippen molar-refractivity contribution >= 4 is 11.7 Å². The number of carboxylic acid groups (broad SMARTS) is 1. The summed E-state index contributed by atoms with van der Waals surface area (Å²) in [5.41, 5.74) is 1.70. The highest BCUT2D eigenvalue weighted by molar-refractivity contribution is 5.90. The molecule has 0 spiro atoms.